The van der Waals surface area contributed by atoms with Crippen molar-refractivity contribution in [2.24, 2.45) is 0 Å². The normalized spacial score (nSPS) is 10.4. The molecule has 0 atom stereocenters. The van der Waals surface area contributed by atoms with E-state index in [-0.39, 0.29) is 5.89 Å². The van der Waals surface area contributed by atoms with Crippen LogP contribution in [0.2, 0.25) is 0 Å². The van der Waals surface area contributed by atoms with Gasteiger partial charge in [-0.1, -0.05) is 0 Å². The number of hydrogen-bond acceptors (Lipinski definition) is 5. The van der Waals surface area contributed by atoms with E-state index in [4.69, 9.17) is 19.0 Å². The number of carboxylic acid groups (broad SMARTS) is 1. The van der Waals surface area contributed by atoms with Crippen LogP contribution in [0.25, 0.3) is 11.3 Å². The predicted molar refractivity (Wildman–Crippen MR) is 66.3 cm³/mol. The van der Waals surface area contributed by atoms with Crippen molar-refractivity contribution in [3.8, 4) is 17.1 Å². The van der Waals surface area contributed by atoms with Gasteiger partial charge in [-0.15, -0.1) is 0 Å². The quantitative estimate of drug-likeness (QED) is 0.803. The highest BCUT2D eigenvalue weighted by molar-refractivity contribution is 5.82. The second kappa shape index (κ2) is 6.01. The SMILES string of the molecule is COCCOc1ccc(-c2cnc(C(=O)O)o2)cc1. The maximum absolute atomic E-state index is 10.7. The molecule has 0 fully saturated rings. The third-order valence-electron chi connectivity index (χ3n) is 2.38. The number of carbonyl (C=O) groups is 1. The van der Waals surface area contributed by atoms with Gasteiger partial charge in [0.05, 0.1) is 12.8 Å². The Hall–Kier alpha value is -2.34. The molecule has 0 spiro atoms. The molecule has 2 aromatic rings. The fraction of sp³-hybridized carbons (Fsp3) is 0.231. The van der Waals surface area contributed by atoms with E-state index < -0.39 is 5.97 Å². The highest BCUT2D eigenvalue weighted by Gasteiger charge is 2.12. The maximum atomic E-state index is 10.7. The summed E-state index contributed by atoms with van der Waals surface area (Å²) in [6, 6.07) is 7.09. The molecule has 6 nitrogen and oxygen atoms in total. The van der Waals surface area contributed by atoms with Crippen LogP contribution in [0.5, 0.6) is 5.75 Å². The first-order chi connectivity index (χ1) is 9.20. The van der Waals surface area contributed by atoms with E-state index in [9.17, 15) is 4.79 Å². The van der Waals surface area contributed by atoms with Crippen molar-refractivity contribution in [1.29, 1.82) is 0 Å². The number of rotatable bonds is 6. The molecular weight excluding hydrogens is 250 g/mol. The van der Waals surface area contributed by atoms with E-state index in [1.54, 1.807) is 31.4 Å². The van der Waals surface area contributed by atoms with Gasteiger partial charge in [-0.05, 0) is 24.3 Å². The van der Waals surface area contributed by atoms with Gasteiger partial charge in [0, 0.05) is 12.7 Å². The summed E-state index contributed by atoms with van der Waals surface area (Å²) in [5.74, 6) is -0.402. The van der Waals surface area contributed by atoms with Gasteiger partial charge in [-0.25, -0.2) is 9.78 Å². The van der Waals surface area contributed by atoms with Crippen LogP contribution in [0.1, 0.15) is 10.7 Å². The number of carboxylic acids is 1. The molecule has 0 aliphatic rings. The van der Waals surface area contributed by atoms with Gasteiger partial charge in [0.1, 0.15) is 12.4 Å². The van der Waals surface area contributed by atoms with Crippen molar-refractivity contribution in [2.75, 3.05) is 20.3 Å². The Kier molecular flexibility index (Phi) is 4.15. The third kappa shape index (κ3) is 3.32. The summed E-state index contributed by atoms with van der Waals surface area (Å²) >= 11 is 0. The van der Waals surface area contributed by atoms with Gasteiger partial charge in [0.25, 0.3) is 0 Å². The van der Waals surface area contributed by atoms with E-state index in [0.717, 1.165) is 5.56 Å². The smallest absolute Gasteiger partial charge is 0.392 e. The van der Waals surface area contributed by atoms with Gasteiger partial charge in [-0.2, -0.15) is 0 Å². The maximum Gasteiger partial charge on any atom is 0.392 e. The van der Waals surface area contributed by atoms with Gasteiger partial charge >= 0.3 is 11.9 Å². The third-order valence-corrected chi connectivity index (χ3v) is 2.38. The number of nitrogens with zero attached hydrogens (tertiary/aromatic N) is 1. The van der Waals surface area contributed by atoms with Crippen LogP contribution in [-0.2, 0) is 4.74 Å². The minimum absolute atomic E-state index is 0.324. The van der Waals surface area contributed by atoms with Crippen molar-refractivity contribution in [2.45, 2.75) is 0 Å². The lowest BCUT2D eigenvalue weighted by Crippen LogP contribution is -2.03. The highest BCUT2D eigenvalue weighted by Crippen LogP contribution is 2.23. The van der Waals surface area contributed by atoms with Gasteiger partial charge in [-0.3, -0.25) is 0 Å². The van der Waals surface area contributed by atoms with Crippen LogP contribution < -0.4 is 4.74 Å². The number of aromatic nitrogens is 1. The van der Waals surface area contributed by atoms with Crippen molar-refractivity contribution >= 4 is 5.97 Å². The van der Waals surface area contributed by atoms with Gasteiger partial charge in [0.15, 0.2) is 5.76 Å². The Bertz CT molecular complexity index is 546. The second-order valence-electron chi connectivity index (χ2n) is 3.70. The molecular formula is C13H13NO5. The van der Waals surface area contributed by atoms with Gasteiger partial charge in [0.2, 0.25) is 0 Å². The number of ether oxygens (including phenoxy) is 2. The molecule has 19 heavy (non-hydrogen) atoms. The largest absolute Gasteiger partial charge is 0.491 e. The van der Waals surface area contributed by atoms with Crippen LogP contribution in [0.3, 0.4) is 0 Å². The zero-order valence-corrected chi connectivity index (χ0v) is 10.3. The summed E-state index contributed by atoms with van der Waals surface area (Å²) in [5.41, 5.74) is 0.735. The Morgan fingerprint density at radius 1 is 1.32 bits per heavy atom. The average molecular weight is 263 g/mol. The lowest BCUT2D eigenvalue weighted by atomic mass is 10.2. The van der Waals surface area contributed by atoms with Crippen molar-refractivity contribution in [3.63, 3.8) is 0 Å². The molecule has 0 radical (unpaired) electrons. The fourth-order valence-electron chi connectivity index (χ4n) is 1.46. The van der Waals surface area contributed by atoms with E-state index in [2.05, 4.69) is 4.98 Å². The molecule has 2 rings (SSSR count). The summed E-state index contributed by atoms with van der Waals surface area (Å²) < 4.78 is 15.4. The standard InChI is InChI=1S/C13H13NO5/c1-17-6-7-18-10-4-2-9(3-5-10)11-8-14-12(19-11)13(15)16/h2-5,8H,6-7H2,1H3,(H,15,16). The minimum Gasteiger partial charge on any atom is -0.491 e. The van der Waals surface area contributed by atoms with Gasteiger partial charge < -0.3 is 19.0 Å². The minimum atomic E-state index is -1.19. The zero-order chi connectivity index (χ0) is 13.7. The molecule has 0 amide bonds. The Balaban J connectivity index is 2.06. The monoisotopic (exact) mass is 263 g/mol. The first kappa shape index (κ1) is 13.1. The first-order valence-electron chi connectivity index (χ1n) is 5.62. The van der Waals surface area contributed by atoms with E-state index >= 15 is 0 Å². The molecule has 1 aromatic heterocycles. The lowest BCUT2D eigenvalue weighted by Gasteiger charge is -2.05. The van der Waals surface area contributed by atoms with Crippen LogP contribution >= 0.6 is 0 Å². The molecule has 100 valence electrons. The zero-order valence-electron chi connectivity index (χ0n) is 10.3. The molecule has 0 bridgehead atoms. The highest BCUT2D eigenvalue weighted by atomic mass is 16.5. The van der Waals surface area contributed by atoms with E-state index in [1.807, 2.05) is 0 Å². The molecule has 1 aromatic carbocycles. The van der Waals surface area contributed by atoms with Crippen LogP contribution in [-0.4, -0.2) is 36.4 Å². The summed E-state index contributed by atoms with van der Waals surface area (Å²) in [4.78, 5) is 14.3. The van der Waals surface area contributed by atoms with Crippen LogP contribution in [0.4, 0.5) is 0 Å². The molecule has 1 N–H and O–H groups in total. The number of methoxy groups -OCH3 is 1. The summed E-state index contributed by atoms with van der Waals surface area (Å²) in [5, 5.41) is 8.72. The average Bonchev–Trinajstić information content (AvgIpc) is 2.90. The fourth-order valence-corrected chi connectivity index (χ4v) is 1.46. The second-order valence-corrected chi connectivity index (χ2v) is 3.70. The van der Waals surface area contributed by atoms with Crippen molar-refractivity contribution in [3.05, 3.63) is 36.4 Å². The molecule has 0 saturated heterocycles. The Morgan fingerprint density at radius 3 is 2.63 bits per heavy atom. The van der Waals surface area contributed by atoms with Crippen molar-refractivity contribution in [1.82, 2.24) is 4.98 Å². The Labute approximate surface area is 109 Å². The van der Waals surface area contributed by atoms with Crippen molar-refractivity contribution < 1.29 is 23.8 Å². The first-order valence-corrected chi connectivity index (χ1v) is 5.62. The topological polar surface area (TPSA) is 81.8 Å². The summed E-state index contributed by atoms with van der Waals surface area (Å²) in [6.45, 7) is 0.993. The molecule has 0 aliphatic heterocycles. The Morgan fingerprint density at radius 2 is 2.05 bits per heavy atom. The predicted octanol–water partition coefficient (Wildman–Crippen LogP) is 2.07. The van der Waals surface area contributed by atoms with E-state index in [0.29, 0.717) is 24.7 Å². The van der Waals surface area contributed by atoms with E-state index in [1.165, 1.54) is 6.20 Å². The number of aromatic carboxylic acids is 1. The molecule has 0 unspecified atom stereocenters. The summed E-state index contributed by atoms with van der Waals surface area (Å²) in [7, 11) is 1.61. The molecule has 1 heterocycles. The van der Waals surface area contributed by atoms with Crippen LogP contribution in [0.15, 0.2) is 34.9 Å². The molecule has 0 saturated carbocycles. The molecule has 0 aliphatic carbocycles. The molecule has 6 heteroatoms. The lowest BCUT2D eigenvalue weighted by molar-refractivity contribution is 0.0654. The number of oxazole rings is 1. The number of hydrogen-bond donors (Lipinski definition) is 1. The van der Waals surface area contributed by atoms with Crippen LogP contribution in [0, 0.1) is 0 Å². The summed E-state index contributed by atoms with van der Waals surface area (Å²) in [6.07, 6.45) is 1.38. The number of benzene rings is 1.